The highest BCUT2D eigenvalue weighted by molar-refractivity contribution is 7.89. The molecule has 1 fully saturated rings. The predicted octanol–water partition coefficient (Wildman–Crippen LogP) is 3.36. The van der Waals surface area contributed by atoms with Crippen molar-refractivity contribution in [3.05, 3.63) is 45.8 Å². The van der Waals surface area contributed by atoms with Crippen molar-refractivity contribution >= 4 is 44.1 Å². The zero-order valence-corrected chi connectivity index (χ0v) is 22.5. The number of fused-ring (bicyclic) bond motifs is 1. The number of esters is 1. The second-order valence-corrected chi connectivity index (χ2v) is 12.7. The number of anilines is 1. The number of piperidine rings is 1. The molecule has 1 aromatic carbocycles. The van der Waals surface area contributed by atoms with Crippen LogP contribution in [0.3, 0.4) is 0 Å². The van der Waals surface area contributed by atoms with Gasteiger partial charge in [-0.25, -0.2) is 13.2 Å². The van der Waals surface area contributed by atoms with E-state index in [1.54, 1.807) is 4.90 Å². The summed E-state index contributed by atoms with van der Waals surface area (Å²) in [5, 5.41) is 3.15. The highest BCUT2D eigenvalue weighted by atomic mass is 32.2. The van der Waals surface area contributed by atoms with E-state index in [4.69, 9.17) is 4.74 Å². The smallest absolute Gasteiger partial charge is 0.341 e. The van der Waals surface area contributed by atoms with Crippen LogP contribution in [0.5, 0.6) is 0 Å². The highest BCUT2D eigenvalue weighted by Gasteiger charge is 2.32. The lowest BCUT2D eigenvalue weighted by Crippen LogP contribution is -2.42. The molecule has 1 aromatic heterocycles. The summed E-state index contributed by atoms with van der Waals surface area (Å²) in [6.07, 6.45) is 1.49. The number of thiophene rings is 1. The number of nitrogens with one attached hydrogen (secondary N) is 1. The molecule has 1 N–H and O–H groups in total. The molecule has 0 saturated carbocycles. The first-order valence-corrected chi connectivity index (χ1v) is 14.2. The number of hydrogen-bond donors (Lipinski definition) is 1. The van der Waals surface area contributed by atoms with Crippen LogP contribution in [0.1, 0.15) is 58.3 Å². The number of methoxy groups -OCH3 is 1. The van der Waals surface area contributed by atoms with Gasteiger partial charge in [-0.05, 0) is 54.5 Å². The SMILES string of the molecule is COC(=O)c1c(NC(=O)c2ccc(S(=O)(=O)N3C[C@H](C)C[C@H](C)C3)cc2)sc2c1CCN(C(C)=O)C2. The van der Waals surface area contributed by atoms with Crippen LogP contribution in [-0.4, -0.2) is 62.2 Å². The summed E-state index contributed by atoms with van der Waals surface area (Å²) < 4.78 is 32.7. The maximum atomic E-state index is 13.1. The number of nitrogens with zero attached hydrogens (tertiary/aromatic N) is 2. The molecule has 11 heteroatoms. The predicted molar refractivity (Wildman–Crippen MR) is 137 cm³/mol. The summed E-state index contributed by atoms with van der Waals surface area (Å²) in [5.41, 5.74) is 1.36. The Hall–Kier alpha value is -2.76. The van der Waals surface area contributed by atoms with Crippen molar-refractivity contribution in [3.8, 4) is 0 Å². The lowest BCUT2D eigenvalue weighted by molar-refractivity contribution is -0.129. The molecule has 0 bridgehead atoms. The minimum absolute atomic E-state index is 0.0530. The van der Waals surface area contributed by atoms with E-state index in [0.29, 0.717) is 43.2 Å². The monoisotopic (exact) mass is 533 g/mol. The number of rotatable bonds is 5. The first-order chi connectivity index (χ1) is 17.0. The molecule has 2 atom stereocenters. The Kier molecular flexibility index (Phi) is 7.53. The molecule has 2 amide bonds. The Morgan fingerprint density at radius 3 is 2.31 bits per heavy atom. The minimum Gasteiger partial charge on any atom is -0.465 e. The molecule has 2 aliphatic heterocycles. The van der Waals surface area contributed by atoms with E-state index in [0.717, 1.165) is 16.9 Å². The molecule has 0 spiro atoms. The Balaban J connectivity index is 1.55. The van der Waals surface area contributed by atoms with Crippen LogP contribution in [-0.2, 0) is 32.5 Å². The zero-order chi connectivity index (χ0) is 26.2. The molecule has 36 heavy (non-hydrogen) atoms. The van der Waals surface area contributed by atoms with E-state index in [1.807, 2.05) is 13.8 Å². The molecular formula is C25H31N3O6S2. The molecule has 0 unspecified atom stereocenters. The van der Waals surface area contributed by atoms with Crippen molar-refractivity contribution in [2.45, 2.75) is 45.1 Å². The van der Waals surface area contributed by atoms with Gasteiger partial charge < -0.3 is 15.0 Å². The topological polar surface area (TPSA) is 113 Å². The second kappa shape index (κ2) is 10.3. The highest BCUT2D eigenvalue weighted by Crippen LogP contribution is 2.38. The van der Waals surface area contributed by atoms with Gasteiger partial charge in [-0.1, -0.05) is 13.8 Å². The molecule has 3 heterocycles. The van der Waals surface area contributed by atoms with Crippen LogP contribution < -0.4 is 5.32 Å². The van der Waals surface area contributed by atoms with Crippen LogP contribution in [0.4, 0.5) is 5.00 Å². The fraction of sp³-hybridized carbons (Fsp3) is 0.480. The van der Waals surface area contributed by atoms with Gasteiger partial charge in [-0.15, -0.1) is 11.3 Å². The molecule has 194 valence electrons. The van der Waals surface area contributed by atoms with Gasteiger partial charge >= 0.3 is 5.97 Å². The molecule has 1 saturated heterocycles. The van der Waals surface area contributed by atoms with E-state index in [9.17, 15) is 22.8 Å². The first-order valence-electron chi connectivity index (χ1n) is 11.9. The fourth-order valence-electron chi connectivity index (χ4n) is 4.98. The normalized spacial score (nSPS) is 20.5. The van der Waals surface area contributed by atoms with Crippen molar-refractivity contribution in [1.82, 2.24) is 9.21 Å². The Bertz CT molecular complexity index is 1280. The van der Waals surface area contributed by atoms with Crippen LogP contribution in [0.2, 0.25) is 0 Å². The van der Waals surface area contributed by atoms with Crippen molar-refractivity contribution in [2.75, 3.05) is 32.1 Å². The fourth-order valence-corrected chi connectivity index (χ4v) is 7.91. The maximum Gasteiger partial charge on any atom is 0.341 e. The van der Waals surface area contributed by atoms with Crippen molar-refractivity contribution < 1.29 is 27.5 Å². The van der Waals surface area contributed by atoms with Gasteiger partial charge in [0, 0.05) is 37.0 Å². The third-order valence-electron chi connectivity index (χ3n) is 6.71. The van der Waals surface area contributed by atoms with Gasteiger partial charge in [0.15, 0.2) is 0 Å². The third kappa shape index (κ3) is 5.18. The van der Waals surface area contributed by atoms with Gasteiger partial charge in [-0.3, -0.25) is 9.59 Å². The lowest BCUT2D eigenvalue weighted by atomic mass is 9.94. The molecule has 9 nitrogen and oxygen atoms in total. The van der Waals surface area contributed by atoms with E-state index in [1.165, 1.54) is 53.9 Å². The summed E-state index contributed by atoms with van der Waals surface area (Å²) in [6.45, 7) is 7.42. The number of carbonyl (C=O) groups is 3. The van der Waals surface area contributed by atoms with Gasteiger partial charge in [0.1, 0.15) is 5.00 Å². The Morgan fingerprint density at radius 2 is 1.72 bits per heavy atom. The Morgan fingerprint density at radius 1 is 1.08 bits per heavy atom. The summed E-state index contributed by atoms with van der Waals surface area (Å²) in [7, 11) is -2.37. The van der Waals surface area contributed by atoms with Crippen molar-refractivity contribution in [2.24, 2.45) is 11.8 Å². The second-order valence-electron chi connectivity index (χ2n) is 9.64. The van der Waals surface area contributed by atoms with Crippen LogP contribution in [0, 0.1) is 11.8 Å². The molecule has 2 aliphatic rings. The van der Waals surface area contributed by atoms with Crippen LogP contribution >= 0.6 is 11.3 Å². The molecular weight excluding hydrogens is 502 g/mol. The van der Waals surface area contributed by atoms with Crippen molar-refractivity contribution in [3.63, 3.8) is 0 Å². The number of hydrogen-bond acceptors (Lipinski definition) is 7. The largest absolute Gasteiger partial charge is 0.465 e. The van der Waals surface area contributed by atoms with Gasteiger partial charge in [0.2, 0.25) is 15.9 Å². The van der Waals surface area contributed by atoms with E-state index < -0.39 is 21.9 Å². The maximum absolute atomic E-state index is 13.1. The standard InChI is InChI=1S/C25H31N3O6S2/c1-15-11-16(2)13-28(12-15)36(32,33)19-7-5-18(6-8-19)23(30)26-24-22(25(31)34-4)20-9-10-27(17(3)29)14-21(20)35-24/h5-8,15-16H,9-14H2,1-4H3,(H,26,30)/t15-,16+. The van der Waals surface area contributed by atoms with E-state index in [2.05, 4.69) is 5.32 Å². The van der Waals surface area contributed by atoms with Gasteiger partial charge in [0.25, 0.3) is 5.91 Å². The molecule has 4 rings (SSSR count). The molecule has 0 radical (unpaired) electrons. The lowest BCUT2D eigenvalue weighted by Gasteiger charge is -2.34. The summed E-state index contributed by atoms with van der Waals surface area (Å²) in [6, 6.07) is 5.84. The van der Waals surface area contributed by atoms with Crippen LogP contribution in [0.25, 0.3) is 0 Å². The minimum atomic E-state index is -3.65. The van der Waals surface area contributed by atoms with Gasteiger partial charge in [0.05, 0.1) is 24.1 Å². The quantitative estimate of drug-likeness (QED) is 0.590. The first kappa shape index (κ1) is 26.3. The summed E-state index contributed by atoms with van der Waals surface area (Å²) >= 11 is 1.25. The average Bonchev–Trinajstić information content (AvgIpc) is 3.19. The number of carbonyl (C=O) groups excluding carboxylic acids is 3. The summed E-state index contributed by atoms with van der Waals surface area (Å²) in [4.78, 5) is 40.0. The van der Waals surface area contributed by atoms with E-state index in [-0.39, 0.29) is 28.2 Å². The third-order valence-corrected chi connectivity index (χ3v) is 9.69. The number of sulfonamides is 1. The number of amides is 2. The van der Waals surface area contributed by atoms with Crippen molar-refractivity contribution in [1.29, 1.82) is 0 Å². The average molecular weight is 534 g/mol. The van der Waals surface area contributed by atoms with Gasteiger partial charge in [-0.2, -0.15) is 4.31 Å². The molecule has 0 aliphatic carbocycles. The summed E-state index contributed by atoms with van der Waals surface area (Å²) in [5.74, 6) is -0.493. The zero-order valence-electron chi connectivity index (χ0n) is 20.9. The Labute approximate surface area is 215 Å². The number of ether oxygens (including phenoxy) is 1. The van der Waals surface area contributed by atoms with E-state index >= 15 is 0 Å². The number of benzene rings is 1. The van der Waals surface area contributed by atoms with Crippen LogP contribution in [0.15, 0.2) is 29.2 Å². The molecule has 2 aromatic rings.